The van der Waals surface area contributed by atoms with Crippen LogP contribution in [0.1, 0.15) is 32.6 Å². The minimum Gasteiger partial charge on any atom is -0.288 e. The summed E-state index contributed by atoms with van der Waals surface area (Å²) in [6, 6.07) is 0. The monoisotopic (exact) mass is 182 g/mol. The average molecular weight is 182 g/mol. The number of amides is 1. The molecule has 0 unspecified atom stereocenters. The van der Waals surface area contributed by atoms with Gasteiger partial charge in [-0.2, -0.15) is 0 Å². The number of hydrogen-bond donors (Lipinski definition) is 2. The summed E-state index contributed by atoms with van der Waals surface area (Å²) in [4.78, 5) is 14.6. The molecule has 0 radical (unpaired) electrons. The molecular weight excluding hydrogens is 168 g/mol. The molecule has 4 nitrogen and oxygen atoms in total. The van der Waals surface area contributed by atoms with E-state index in [1.165, 1.54) is 17.5 Å². The van der Waals surface area contributed by atoms with E-state index >= 15 is 0 Å². The van der Waals surface area contributed by atoms with Crippen LogP contribution in [0.15, 0.2) is 16.3 Å². The van der Waals surface area contributed by atoms with Crippen molar-refractivity contribution in [1.29, 1.82) is 0 Å². The fourth-order valence-electron chi connectivity index (χ4n) is 1.38. The minimum atomic E-state index is -0.578. The Hall–Kier alpha value is -1.16. The lowest BCUT2D eigenvalue weighted by Gasteiger charge is -2.13. The number of carbonyl (C=O) groups excluding carboxylic acids is 1. The van der Waals surface area contributed by atoms with Crippen molar-refractivity contribution in [2.75, 3.05) is 0 Å². The molecule has 0 spiro atoms. The Kier molecular flexibility index (Phi) is 3.64. The molecule has 0 heterocycles. The van der Waals surface area contributed by atoms with Crippen molar-refractivity contribution in [1.82, 2.24) is 5.48 Å². The van der Waals surface area contributed by atoms with Crippen LogP contribution in [0, 0.1) is 0 Å². The third-order valence-corrected chi connectivity index (χ3v) is 2.16. The molecular formula is C9H14N2O2. The molecule has 13 heavy (non-hydrogen) atoms. The van der Waals surface area contributed by atoms with Gasteiger partial charge in [0.1, 0.15) is 0 Å². The molecule has 72 valence electrons. The van der Waals surface area contributed by atoms with E-state index in [1.54, 1.807) is 0 Å². The lowest BCUT2D eigenvalue weighted by molar-refractivity contribution is -0.121. The molecule has 0 aromatic heterocycles. The second kappa shape index (κ2) is 4.77. The maximum absolute atomic E-state index is 10.6. The number of aliphatic imine (C=N–C) groups is 1. The predicted molar refractivity (Wildman–Crippen MR) is 49.6 cm³/mol. The first-order valence-electron chi connectivity index (χ1n) is 4.41. The van der Waals surface area contributed by atoms with Gasteiger partial charge in [0, 0.05) is 5.70 Å². The molecule has 0 bridgehead atoms. The van der Waals surface area contributed by atoms with Crippen molar-refractivity contribution < 1.29 is 10.0 Å². The van der Waals surface area contributed by atoms with Crippen LogP contribution in [0.5, 0.6) is 0 Å². The zero-order valence-corrected chi connectivity index (χ0v) is 7.71. The number of rotatable bonds is 2. The molecule has 1 aliphatic carbocycles. The van der Waals surface area contributed by atoms with Crippen molar-refractivity contribution in [2.24, 2.45) is 4.99 Å². The van der Waals surface area contributed by atoms with Crippen LogP contribution < -0.4 is 5.48 Å². The van der Waals surface area contributed by atoms with Gasteiger partial charge in [-0.05, 0) is 32.6 Å². The molecule has 0 aromatic rings. The highest BCUT2D eigenvalue weighted by Gasteiger charge is 2.07. The van der Waals surface area contributed by atoms with Crippen molar-refractivity contribution >= 4 is 12.1 Å². The van der Waals surface area contributed by atoms with Crippen LogP contribution in [-0.4, -0.2) is 17.3 Å². The quantitative estimate of drug-likeness (QED) is 0.385. The Labute approximate surface area is 77.3 Å². The Bertz CT molecular complexity index is 256. The lowest BCUT2D eigenvalue weighted by atomic mass is 9.98. The van der Waals surface area contributed by atoms with Crippen LogP contribution in [0.4, 0.5) is 0 Å². The van der Waals surface area contributed by atoms with E-state index in [9.17, 15) is 4.79 Å². The standard InChI is InChI=1S/C9H14N2O2/c1-7-4-2-3-5-8(7)10-6-9(12)11-13/h6,13H,2-5H2,1H3,(H,11,12)/b10-6-. The van der Waals surface area contributed by atoms with Crippen LogP contribution in [0.3, 0.4) is 0 Å². The van der Waals surface area contributed by atoms with Gasteiger partial charge in [0.05, 0.1) is 6.21 Å². The topological polar surface area (TPSA) is 61.7 Å². The highest BCUT2D eigenvalue weighted by molar-refractivity contribution is 6.25. The number of hydrogen-bond acceptors (Lipinski definition) is 3. The number of allylic oxidation sites excluding steroid dienone is 2. The van der Waals surface area contributed by atoms with Crippen LogP contribution in [0.25, 0.3) is 0 Å². The van der Waals surface area contributed by atoms with Gasteiger partial charge in [-0.15, -0.1) is 0 Å². The Morgan fingerprint density at radius 1 is 1.54 bits per heavy atom. The highest BCUT2D eigenvalue weighted by Crippen LogP contribution is 2.24. The second-order valence-corrected chi connectivity index (χ2v) is 3.17. The van der Waals surface area contributed by atoms with Gasteiger partial charge >= 0.3 is 0 Å². The van der Waals surface area contributed by atoms with E-state index in [0.29, 0.717) is 0 Å². The Balaban J connectivity index is 2.61. The second-order valence-electron chi connectivity index (χ2n) is 3.17. The lowest BCUT2D eigenvalue weighted by Crippen LogP contribution is -2.19. The average Bonchev–Trinajstić information content (AvgIpc) is 2.16. The Morgan fingerprint density at radius 3 is 2.85 bits per heavy atom. The van der Waals surface area contributed by atoms with Crippen molar-refractivity contribution in [3.63, 3.8) is 0 Å². The van der Waals surface area contributed by atoms with Crippen molar-refractivity contribution in [2.45, 2.75) is 32.6 Å². The fourth-order valence-corrected chi connectivity index (χ4v) is 1.38. The third-order valence-electron chi connectivity index (χ3n) is 2.16. The van der Waals surface area contributed by atoms with Gasteiger partial charge in [-0.1, -0.05) is 5.57 Å². The van der Waals surface area contributed by atoms with E-state index in [2.05, 4.69) is 4.99 Å². The SMILES string of the molecule is CC1=C(/N=C\C(=O)NO)CCCC1. The summed E-state index contributed by atoms with van der Waals surface area (Å²) in [6.07, 6.45) is 5.44. The van der Waals surface area contributed by atoms with Crippen LogP contribution in [0.2, 0.25) is 0 Å². The van der Waals surface area contributed by atoms with Gasteiger partial charge in [0.15, 0.2) is 0 Å². The predicted octanol–water partition coefficient (Wildman–Crippen LogP) is 1.41. The summed E-state index contributed by atoms with van der Waals surface area (Å²) in [5.41, 5.74) is 3.73. The van der Waals surface area contributed by atoms with Crippen molar-refractivity contribution in [3.8, 4) is 0 Å². The summed E-state index contributed by atoms with van der Waals surface area (Å²) >= 11 is 0. The Morgan fingerprint density at radius 2 is 2.23 bits per heavy atom. The molecule has 0 saturated heterocycles. The summed E-state index contributed by atoms with van der Waals surface area (Å²) in [5.74, 6) is -0.578. The smallest absolute Gasteiger partial charge is 0.285 e. The van der Waals surface area contributed by atoms with Gasteiger partial charge in [-0.25, -0.2) is 5.48 Å². The molecule has 4 heteroatoms. The first kappa shape index (κ1) is 9.92. The van der Waals surface area contributed by atoms with E-state index in [0.717, 1.165) is 31.2 Å². The molecule has 0 saturated carbocycles. The van der Waals surface area contributed by atoms with Crippen molar-refractivity contribution in [3.05, 3.63) is 11.3 Å². The number of carbonyl (C=O) groups is 1. The van der Waals surface area contributed by atoms with E-state index < -0.39 is 5.91 Å². The fraction of sp³-hybridized carbons (Fsp3) is 0.556. The molecule has 0 aromatic carbocycles. The van der Waals surface area contributed by atoms with Crippen LogP contribution >= 0.6 is 0 Å². The molecule has 2 N–H and O–H groups in total. The number of nitrogens with one attached hydrogen (secondary N) is 1. The third kappa shape index (κ3) is 2.99. The molecule has 0 aliphatic heterocycles. The first-order chi connectivity index (χ1) is 6.24. The van der Waals surface area contributed by atoms with E-state index in [1.807, 2.05) is 6.92 Å². The van der Waals surface area contributed by atoms with Gasteiger partial charge < -0.3 is 0 Å². The molecule has 1 aliphatic rings. The zero-order valence-electron chi connectivity index (χ0n) is 7.71. The first-order valence-corrected chi connectivity index (χ1v) is 4.41. The van der Waals surface area contributed by atoms with Gasteiger partial charge in [-0.3, -0.25) is 15.0 Å². The number of nitrogens with zero attached hydrogens (tertiary/aromatic N) is 1. The molecule has 1 rings (SSSR count). The molecule has 0 fully saturated rings. The number of hydroxylamine groups is 1. The highest BCUT2D eigenvalue weighted by atomic mass is 16.5. The zero-order chi connectivity index (χ0) is 9.68. The maximum Gasteiger partial charge on any atom is 0.285 e. The summed E-state index contributed by atoms with van der Waals surface area (Å²) in [5, 5.41) is 8.22. The summed E-state index contributed by atoms with van der Waals surface area (Å²) in [6.45, 7) is 2.03. The largest absolute Gasteiger partial charge is 0.288 e. The summed E-state index contributed by atoms with van der Waals surface area (Å²) < 4.78 is 0. The van der Waals surface area contributed by atoms with E-state index in [-0.39, 0.29) is 0 Å². The van der Waals surface area contributed by atoms with Crippen LogP contribution in [-0.2, 0) is 4.79 Å². The minimum absolute atomic E-state index is 0.578. The van der Waals surface area contributed by atoms with Gasteiger partial charge in [0.2, 0.25) is 0 Å². The van der Waals surface area contributed by atoms with E-state index in [4.69, 9.17) is 5.21 Å². The maximum atomic E-state index is 10.6. The van der Waals surface area contributed by atoms with Gasteiger partial charge in [0.25, 0.3) is 5.91 Å². The summed E-state index contributed by atoms with van der Waals surface area (Å²) in [7, 11) is 0. The normalized spacial score (nSPS) is 18.0. The molecule has 0 atom stereocenters. The molecule has 1 amide bonds.